The van der Waals surface area contributed by atoms with Crippen molar-refractivity contribution >= 4 is 0 Å². The highest BCUT2D eigenvalue weighted by Crippen LogP contribution is 2.14. The zero-order chi connectivity index (χ0) is 16.0. The van der Waals surface area contributed by atoms with Gasteiger partial charge in [-0.3, -0.25) is 18.3 Å². The van der Waals surface area contributed by atoms with Gasteiger partial charge >= 0.3 is 5.69 Å². The SMILES string of the molecule is CO[C@H](C/C(O)=C/O)n1cc(C)c(=O)n(CCCF)c1=O. The molecule has 0 aliphatic rings. The van der Waals surface area contributed by atoms with Crippen molar-refractivity contribution in [3.8, 4) is 0 Å². The molecule has 0 spiro atoms. The molecule has 0 amide bonds. The van der Waals surface area contributed by atoms with E-state index in [2.05, 4.69) is 0 Å². The Morgan fingerprint density at radius 3 is 2.71 bits per heavy atom. The second-order valence-electron chi connectivity index (χ2n) is 4.52. The highest BCUT2D eigenvalue weighted by molar-refractivity contribution is 5.04. The molecule has 21 heavy (non-hydrogen) atoms. The average Bonchev–Trinajstić information content (AvgIpc) is 2.48. The summed E-state index contributed by atoms with van der Waals surface area (Å²) in [6.45, 7) is 0.856. The first-order valence-electron chi connectivity index (χ1n) is 6.39. The van der Waals surface area contributed by atoms with Crippen LogP contribution in [0.3, 0.4) is 0 Å². The van der Waals surface area contributed by atoms with Gasteiger partial charge in [-0.2, -0.15) is 0 Å². The lowest BCUT2D eigenvalue weighted by atomic mass is 10.3. The van der Waals surface area contributed by atoms with Crippen molar-refractivity contribution < 1.29 is 19.3 Å². The lowest BCUT2D eigenvalue weighted by molar-refractivity contribution is 0.0299. The molecule has 2 N–H and O–H groups in total. The van der Waals surface area contributed by atoms with E-state index in [1.807, 2.05) is 0 Å². The minimum absolute atomic E-state index is 0.0336. The van der Waals surface area contributed by atoms with Gasteiger partial charge in [0.05, 0.1) is 13.1 Å². The second kappa shape index (κ2) is 7.63. The first-order chi connectivity index (χ1) is 9.96. The van der Waals surface area contributed by atoms with Crippen molar-refractivity contribution in [2.75, 3.05) is 13.8 Å². The third-order valence-electron chi connectivity index (χ3n) is 3.00. The summed E-state index contributed by atoms with van der Waals surface area (Å²) in [5.74, 6) is -0.368. The summed E-state index contributed by atoms with van der Waals surface area (Å²) >= 11 is 0. The van der Waals surface area contributed by atoms with Crippen LogP contribution in [0, 0.1) is 6.92 Å². The molecular formula is C13H19FN2O5. The first kappa shape index (κ1) is 17.0. The third kappa shape index (κ3) is 3.94. The number of methoxy groups -OCH3 is 1. The molecule has 0 bridgehead atoms. The van der Waals surface area contributed by atoms with Crippen molar-refractivity contribution in [3.63, 3.8) is 0 Å². The molecule has 1 atom stereocenters. The van der Waals surface area contributed by atoms with E-state index in [0.717, 1.165) is 9.13 Å². The summed E-state index contributed by atoms with van der Waals surface area (Å²) in [5.41, 5.74) is -0.846. The highest BCUT2D eigenvalue weighted by Gasteiger charge is 2.17. The topological polar surface area (TPSA) is 93.7 Å². The van der Waals surface area contributed by atoms with Gasteiger partial charge in [0.25, 0.3) is 5.56 Å². The van der Waals surface area contributed by atoms with Crippen LogP contribution >= 0.6 is 0 Å². The van der Waals surface area contributed by atoms with Gasteiger partial charge in [-0.15, -0.1) is 0 Å². The van der Waals surface area contributed by atoms with Crippen LogP contribution in [0.25, 0.3) is 0 Å². The fraction of sp³-hybridized carbons (Fsp3) is 0.538. The Morgan fingerprint density at radius 1 is 1.52 bits per heavy atom. The predicted octanol–water partition coefficient (Wildman–Crippen LogP) is 1.17. The van der Waals surface area contributed by atoms with Crippen LogP contribution in [0.15, 0.2) is 27.8 Å². The van der Waals surface area contributed by atoms with Crippen LogP contribution in [-0.2, 0) is 11.3 Å². The fourth-order valence-electron chi connectivity index (χ4n) is 1.91. The first-order valence-corrected chi connectivity index (χ1v) is 6.39. The Balaban J connectivity index is 3.32. The van der Waals surface area contributed by atoms with Crippen molar-refractivity contribution in [2.24, 2.45) is 0 Å². The van der Waals surface area contributed by atoms with Crippen LogP contribution in [0.2, 0.25) is 0 Å². The van der Waals surface area contributed by atoms with Gasteiger partial charge < -0.3 is 14.9 Å². The predicted molar refractivity (Wildman–Crippen MR) is 74.3 cm³/mol. The van der Waals surface area contributed by atoms with Crippen LogP contribution in [0.1, 0.15) is 24.6 Å². The molecular weight excluding hydrogens is 283 g/mol. The number of nitrogens with zero attached hydrogens (tertiary/aromatic N) is 2. The highest BCUT2D eigenvalue weighted by atomic mass is 19.1. The van der Waals surface area contributed by atoms with Gasteiger partial charge in [-0.25, -0.2) is 4.79 Å². The van der Waals surface area contributed by atoms with Gasteiger partial charge in [0.1, 0.15) is 18.2 Å². The number of halogens is 1. The fourth-order valence-corrected chi connectivity index (χ4v) is 1.91. The Kier molecular flexibility index (Phi) is 6.16. The van der Waals surface area contributed by atoms with Crippen LogP contribution in [0.5, 0.6) is 0 Å². The Bertz CT molecular complexity index is 620. The molecule has 7 nitrogen and oxygen atoms in total. The quantitative estimate of drug-likeness (QED) is 0.737. The van der Waals surface area contributed by atoms with E-state index in [1.54, 1.807) is 0 Å². The second-order valence-corrected chi connectivity index (χ2v) is 4.52. The normalized spacial score (nSPS) is 13.4. The molecule has 0 radical (unpaired) electrons. The van der Waals surface area contributed by atoms with E-state index in [0.29, 0.717) is 11.8 Å². The van der Waals surface area contributed by atoms with E-state index >= 15 is 0 Å². The number of aliphatic hydroxyl groups is 2. The lowest BCUT2D eigenvalue weighted by Crippen LogP contribution is -2.42. The maximum atomic E-state index is 12.3. The standard InChI is InChI=1S/C13H19FN2O5/c1-9-7-16(11(21-2)6-10(18)8-17)13(20)15(12(9)19)5-3-4-14/h7-8,11,17-18H,3-6H2,1-2H3/b10-8-/t11-/m1/s1. The number of hydrogen-bond acceptors (Lipinski definition) is 5. The number of alkyl halides is 1. The van der Waals surface area contributed by atoms with Gasteiger partial charge in [0.15, 0.2) is 0 Å². The molecule has 1 heterocycles. The molecule has 8 heteroatoms. The van der Waals surface area contributed by atoms with Gasteiger partial charge in [-0.05, 0) is 13.3 Å². The van der Waals surface area contributed by atoms with E-state index < -0.39 is 24.2 Å². The van der Waals surface area contributed by atoms with Gasteiger partial charge in [0.2, 0.25) is 0 Å². The van der Waals surface area contributed by atoms with Crippen molar-refractivity contribution in [2.45, 2.75) is 32.5 Å². The molecule has 0 unspecified atom stereocenters. The molecule has 1 aromatic rings. The minimum atomic E-state index is -0.892. The van der Waals surface area contributed by atoms with E-state index in [1.165, 1.54) is 20.2 Å². The largest absolute Gasteiger partial charge is 0.512 e. The maximum absolute atomic E-state index is 12.3. The van der Waals surface area contributed by atoms with Crippen LogP contribution in [0.4, 0.5) is 4.39 Å². The van der Waals surface area contributed by atoms with Gasteiger partial charge in [-0.1, -0.05) is 0 Å². The third-order valence-corrected chi connectivity index (χ3v) is 3.00. The Labute approximate surface area is 120 Å². The Morgan fingerprint density at radius 2 is 2.19 bits per heavy atom. The van der Waals surface area contributed by atoms with Crippen LogP contribution in [-0.4, -0.2) is 33.1 Å². The molecule has 0 aliphatic heterocycles. The summed E-state index contributed by atoms with van der Waals surface area (Å²) in [5, 5.41) is 18.1. The smallest absolute Gasteiger partial charge is 0.333 e. The molecule has 118 valence electrons. The average molecular weight is 302 g/mol. The summed E-state index contributed by atoms with van der Waals surface area (Å²) in [4.78, 5) is 24.2. The molecule has 1 rings (SSSR count). The van der Waals surface area contributed by atoms with E-state index in [9.17, 15) is 19.1 Å². The van der Waals surface area contributed by atoms with Crippen molar-refractivity contribution in [3.05, 3.63) is 44.6 Å². The van der Waals surface area contributed by atoms with E-state index in [4.69, 9.17) is 9.84 Å². The zero-order valence-corrected chi connectivity index (χ0v) is 12.0. The van der Waals surface area contributed by atoms with Gasteiger partial charge in [0, 0.05) is 25.4 Å². The number of hydrogen-bond donors (Lipinski definition) is 2. The summed E-state index contributed by atoms with van der Waals surface area (Å²) in [7, 11) is 1.33. The van der Waals surface area contributed by atoms with Crippen molar-refractivity contribution in [1.82, 2.24) is 9.13 Å². The van der Waals surface area contributed by atoms with Crippen molar-refractivity contribution in [1.29, 1.82) is 0 Å². The number of ether oxygens (including phenoxy) is 1. The Hall–Kier alpha value is -2.09. The minimum Gasteiger partial charge on any atom is -0.512 e. The molecule has 0 saturated heterocycles. The monoisotopic (exact) mass is 302 g/mol. The summed E-state index contributed by atoms with van der Waals surface area (Å²) in [6.07, 6.45) is 0.835. The van der Waals surface area contributed by atoms with Crippen LogP contribution < -0.4 is 11.2 Å². The lowest BCUT2D eigenvalue weighted by Gasteiger charge is -2.19. The molecule has 0 saturated carbocycles. The zero-order valence-electron chi connectivity index (χ0n) is 12.0. The molecule has 0 aromatic carbocycles. The summed E-state index contributed by atoms with van der Waals surface area (Å²) in [6, 6.07) is 0. The molecule has 0 fully saturated rings. The molecule has 1 aromatic heterocycles. The summed E-state index contributed by atoms with van der Waals surface area (Å²) < 4.78 is 19.4. The molecule has 0 aliphatic carbocycles. The maximum Gasteiger partial charge on any atom is 0.333 e. The number of aliphatic hydroxyl groups excluding tert-OH is 2. The van der Waals surface area contributed by atoms with E-state index in [-0.39, 0.29) is 25.1 Å². The number of aromatic nitrogens is 2. The number of aryl methyl sites for hydroxylation is 1. The number of rotatable bonds is 7.